The molecule has 0 saturated carbocycles. The van der Waals surface area contributed by atoms with Crippen LogP contribution in [0, 0.1) is 6.92 Å². The number of ether oxygens (including phenoxy) is 1. The molecule has 0 amide bonds. The smallest absolute Gasteiger partial charge is 0.339 e. The summed E-state index contributed by atoms with van der Waals surface area (Å²) in [6.45, 7) is 3.76. The van der Waals surface area contributed by atoms with Crippen LogP contribution in [0.25, 0.3) is 10.9 Å². The lowest BCUT2D eigenvalue weighted by Gasteiger charge is -2.14. The standard InChI is InChI=1S/C19H17NO2/c1-13-12-17(16-10-6-7-11-18(16)20-13)19(21)22-14(2)15-8-4-3-5-9-15/h3-12,14H,1-2H3/t14-/m1/s1. The first-order valence-electron chi connectivity index (χ1n) is 7.27. The Morgan fingerprint density at radius 2 is 1.73 bits per heavy atom. The van der Waals surface area contributed by atoms with E-state index in [4.69, 9.17) is 4.74 Å². The Labute approximate surface area is 129 Å². The Kier molecular flexibility index (Phi) is 3.88. The molecule has 3 aromatic rings. The summed E-state index contributed by atoms with van der Waals surface area (Å²) < 4.78 is 5.62. The minimum atomic E-state index is -0.321. The highest BCUT2D eigenvalue weighted by Crippen LogP contribution is 2.23. The highest BCUT2D eigenvalue weighted by Gasteiger charge is 2.17. The highest BCUT2D eigenvalue weighted by atomic mass is 16.5. The van der Waals surface area contributed by atoms with Gasteiger partial charge in [0.15, 0.2) is 0 Å². The second-order valence-electron chi connectivity index (χ2n) is 5.29. The fourth-order valence-electron chi connectivity index (χ4n) is 2.49. The van der Waals surface area contributed by atoms with Crippen LogP contribution >= 0.6 is 0 Å². The van der Waals surface area contributed by atoms with E-state index in [0.29, 0.717) is 5.56 Å². The zero-order valence-electron chi connectivity index (χ0n) is 12.6. The Morgan fingerprint density at radius 1 is 1.05 bits per heavy atom. The molecule has 0 N–H and O–H groups in total. The molecule has 1 atom stereocenters. The van der Waals surface area contributed by atoms with Crippen molar-refractivity contribution < 1.29 is 9.53 Å². The van der Waals surface area contributed by atoms with Gasteiger partial charge in [-0.1, -0.05) is 48.5 Å². The van der Waals surface area contributed by atoms with E-state index in [1.807, 2.05) is 68.4 Å². The van der Waals surface area contributed by atoms with Gasteiger partial charge in [-0.25, -0.2) is 4.79 Å². The predicted octanol–water partition coefficient (Wildman–Crippen LogP) is 4.46. The van der Waals surface area contributed by atoms with Gasteiger partial charge >= 0.3 is 5.97 Å². The number of carbonyl (C=O) groups is 1. The first kappa shape index (κ1) is 14.3. The van der Waals surface area contributed by atoms with Gasteiger partial charge in [-0.3, -0.25) is 4.98 Å². The molecule has 3 nitrogen and oxygen atoms in total. The van der Waals surface area contributed by atoms with E-state index in [0.717, 1.165) is 22.2 Å². The van der Waals surface area contributed by atoms with Gasteiger partial charge in [0.25, 0.3) is 0 Å². The molecule has 3 heteroatoms. The zero-order chi connectivity index (χ0) is 15.5. The second kappa shape index (κ2) is 5.98. The SMILES string of the molecule is Cc1cc(C(=O)O[C@H](C)c2ccccc2)c2ccccc2n1. The lowest BCUT2D eigenvalue weighted by Crippen LogP contribution is -2.10. The third-order valence-corrected chi connectivity index (χ3v) is 3.62. The van der Waals surface area contributed by atoms with E-state index in [1.165, 1.54) is 0 Å². The van der Waals surface area contributed by atoms with E-state index in [2.05, 4.69) is 4.98 Å². The number of pyridine rings is 1. The number of carbonyl (C=O) groups excluding carboxylic acids is 1. The summed E-state index contributed by atoms with van der Waals surface area (Å²) in [6.07, 6.45) is -0.291. The minimum absolute atomic E-state index is 0.291. The molecular formula is C19H17NO2. The summed E-state index contributed by atoms with van der Waals surface area (Å²) in [5.74, 6) is -0.321. The van der Waals surface area contributed by atoms with Gasteiger partial charge in [-0.05, 0) is 31.5 Å². The summed E-state index contributed by atoms with van der Waals surface area (Å²) in [6, 6.07) is 19.1. The van der Waals surface area contributed by atoms with Gasteiger partial charge in [0.1, 0.15) is 6.10 Å². The normalized spacial score (nSPS) is 12.1. The maximum absolute atomic E-state index is 12.5. The number of rotatable bonds is 3. The summed E-state index contributed by atoms with van der Waals surface area (Å²) in [7, 11) is 0. The number of para-hydroxylation sites is 1. The molecule has 0 fully saturated rings. The van der Waals surface area contributed by atoms with Crippen LogP contribution in [0.5, 0.6) is 0 Å². The van der Waals surface area contributed by atoms with Crippen molar-refractivity contribution in [3.63, 3.8) is 0 Å². The summed E-state index contributed by atoms with van der Waals surface area (Å²) in [4.78, 5) is 17.0. The molecular weight excluding hydrogens is 274 g/mol. The van der Waals surface area contributed by atoms with Gasteiger partial charge in [0.05, 0.1) is 11.1 Å². The van der Waals surface area contributed by atoms with E-state index < -0.39 is 0 Å². The molecule has 0 aliphatic carbocycles. The van der Waals surface area contributed by atoms with E-state index in [9.17, 15) is 4.79 Å². The number of aromatic nitrogens is 1. The lowest BCUT2D eigenvalue weighted by molar-refractivity contribution is 0.0340. The third-order valence-electron chi connectivity index (χ3n) is 3.62. The largest absolute Gasteiger partial charge is 0.454 e. The van der Waals surface area contributed by atoms with Crippen molar-refractivity contribution in [2.24, 2.45) is 0 Å². The van der Waals surface area contributed by atoms with Gasteiger partial charge in [0.2, 0.25) is 0 Å². The monoisotopic (exact) mass is 291 g/mol. The molecule has 0 radical (unpaired) electrons. The number of benzene rings is 2. The Bertz CT molecular complexity index is 812. The second-order valence-corrected chi connectivity index (χ2v) is 5.29. The Morgan fingerprint density at radius 3 is 2.50 bits per heavy atom. The molecule has 22 heavy (non-hydrogen) atoms. The fourth-order valence-corrected chi connectivity index (χ4v) is 2.49. The van der Waals surface area contributed by atoms with E-state index >= 15 is 0 Å². The van der Waals surface area contributed by atoms with Crippen LogP contribution in [-0.4, -0.2) is 11.0 Å². The van der Waals surface area contributed by atoms with E-state index in [-0.39, 0.29) is 12.1 Å². The number of aryl methyl sites for hydroxylation is 1. The average Bonchev–Trinajstić information content (AvgIpc) is 2.54. The van der Waals surface area contributed by atoms with Crippen molar-refractivity contribution in [1.29, 1.82) is 0 Å². The molecule has 2 aromatic carbocycles. The molecule has 0 bridgehead atoms. The van der Waals surface area contributed by atoms with E-state index in [1.54, 1.807) is 6.07 Å². The number of esters is 1. The van der Waals surface area contributed by atoms with Crippen LogP contribution in [0.15, 0.2) is 60.7 Å². The summed E-state index contributed by atoms with van der Waals surface area (Å²) in [5, 5.41) is 0.818. The fraction of sp³-hybridized carbons (Fsp3) is 0.158. The number of hydrogen-bond acceptors (Lipinski definition) is 3. The van der Waals surface area contributed by atoms with Crippen molar-refractivity contribution in [3.8, 4) is 0 Å². The lowest BCUT2D eigenvalue weighted by atomic mass is 10.1. The van der Waals surface area contributed by atoms with Crippen LogP contribution in [0.2, 0.25) is 0 Å². The Balaban J connectivity index is 1.93. The molecule has 0 unspecified atom stereocenters. The Hall–Kier alpha value is -2.68. The van der Waals surface area contributed by atoms with Crippen LogP contribution < -0.4 is 0 Å². The van der Waals surface area contributed by atoms with Gasteiger partial charge < -0.3 is 4.74 Å². The first-order chi connectivity index (χ1) is 10.6. The van der Waals surface area contributed by atoms with Crippen LogP contribution in [0.3, 0.4) is 0 Å². The molecule has 3 rings (SSSR count). The average molecular weight is 291 g/mol. The number of fused-ring (bicyclic) bond motifs is 1. The van der Waals surface area contributed by atoms with Gasteiger partial charge in [-0.2, -0.15) is 0 Å². The van der Waals surface area contributed by atoms with Crippen molar-refractivity contribution >= 4 is 16.9 Å². The molecule has 110 valence electrons. The maximum atomic E-state index is 12.5. The van der Waals surface area contributed by atoms with Crippen molar-refractivity contribution in [2.45, 2.75) is 20.0 Å². The van der Waals surface area contributed by atoms with Gasteiger partial charge in [0, 0.05) is 11.1 Å². The molecule has 0 saturated heterocycles. The minimum Gasteiger partial charge on any atom is -0.454 e. The topological polar surface area (TPSA) is 39.2 Å². The summed E-state index contributed by atoms with van der Waals surface area (Å²) >= 11 is 0. The number of nitrogens with zero attached hydrogens (tertiary/aromatic N) is 1. The molecule has 0 aliphatic rings. The molecule has 1 aromatic heterocycles. The first-order valence-corrected chi connectivity index (χ1v) is 7.27. The molecule has 1 heterocycles. The van der Waals surface area contributed by atoms with Crippen LogP contribution in [-0.2, 0) is 4.74 Å². The van der Waals surface area contributed by atoms with Crippen molar-refractivity contribution in [1.82, 2.24) is 4.98 Å². The van der Waals surface area contributed by atoms with Crippen molar-refractivity contribution in [3.05, 3.63) is 77.5 Å². The summed E-state index contributed by atoms with van der Waals surface area (Å²) in [5.41, 5.74) is 3.15. The third kappa shape index (κ3) is 2.84. The van der Waals surface area contributed by atoms with Crippen molar-refractivity contribution in [2.75, 3.05) is 0 Å². The molecule has 0 aliphatic heterocycles. The van der Waals surface area contributed by atoms with Crippen LogP contribution in [0.4, 0.5) is 0 Å². The van der Waals surface area contributed by atoms with Crippen LogP contribution in [0.1, 0.15) is 34.6 Å². The number of hydrogen-bond donors (Lipinski definition) is 0. The molecule has 0 spiro atoms. The quantitative estimate of drug-likeness (QED) is 0.669. The van der Waals surface area contributed by atoms with Gasteiger partial charge in [-0.15, -0.1) is 0 Å². The zero-order valence-corrected chi connectivity index (χ0v) is 12.6. The predicted molar refractivity (Wildman–Crippen MR) is 86.8 cm³/mol. The highest BCUT2D eigenvalue weighted by molar-refractivity contribution is 6.03. The maximum Gasteiger partial charge on any atom is 0.339 e.